The topological polar surface area (TPSA) is 248 Å². The van der Waals surface area contributed by atoms with Gasteiger partial charge < -0.3 is 68.7 Å². The van der Waals surface area contributed by atoms with Crippen LogP contribution in [0, 0.1) is 0 Å². The van der Waals surface area contributed by atoms with Crippen molar-refractivity contribution >= 4 is 123 Å². The number of benzene rings is 6. The number of carbonyl (C=O) groups is 6. The Bertz CT molecular complexity index is 3970. The van der Waals surface area contributed by atoms with Crippen LogP contribution in [-0.2, 0) is 62.7 Å². The molecule has 4 amide bonds. The SMILES string of the molecule is CNC(=O)C[C@H]1O[C@@](C)(C(=O)OC)n2c3ccccc3c3c4c(c5c6ccccc6n1c5c32)C(=O)NC4.CNC(=O)C[C@H]1O[C@@](C)(C(=O)OC)n2c3ccccc3c3c4c(c5c6ccccc6n1c5c32)C(=O)NC4.CO.CO. The van der Waals surface area contributed by atoms with Gasteiger partial charge in [0.05, 0.1) is 82.3 Å². The summed E-state index contributed by atoms with van der Waals surface area (Å²) >= 11 is 0. The minimum absolute atomic E-state index is 0.0373. The third kappa shape index (κ3) is 6.85. The Morgan fingerprint density at radius 2 is 0.859 bits per heavy atom. The van der Waals surface area contributed by atoms with Crippen molar-refractivity contribution in [1.82, 2.24) is 39.5 Å². The molecule has 4 aliphatic heterocycles. The number of aliphatic hydroxyl groups is 2. The summed E-state index contributed by atoms with van der Waals surface area (Å²) in [5.41, 5.74) is 6.08. The number of para-hydroxylation sites is 4. The van der Waals surface area contributed by atoms with Gasteiger partial charge in [0.2, 0.25) is 23.3 Å². The van der Waals surface area contributed by atoms with Crippen molar-refractivity contribution in [3.8, 4) is 0 Å². The van der Waals surface area contributed by atoms with Crippen molar-refractivity contribution in [2.75, 3.05) is 42.5 Å². The van der Waals surface area contributed by atoms with E-state index in [4.69, 9.17) is 29.2 Å². The van der Waals surface area contributed by atoms with Gasteiger partial charge in [0.1, 0.15) is 12.5 Å². The number of ether oxygens (including phenoxy) is 4. The van der Waals surface area contributed by atoms with Crippen LogP contribution in [0.1, 0.15) is 71.0 Å². The van der Waals surface area contributed by atoms with E-state index in [1.807, 2.05) is 115 Å². The molecule has 0 saturated heterocycles. The largest absolute Gasteiger partial charge is 0.465 e. The van der Waals surface area contributed by atoms with Crippen LogP contribution in [0.2, 0.25) is 0 Å². The minimum atomic E-state index is -1.59. The number of esters is 2. The summed E-state index contributed by atoms with van der Waals surface area (Å²) in [6, 6.07) is 31.1. The van der Waals surface area contributed by atoms with E-state index >= 15 is 0 Å². The molecule has 0 unspecified atom stereocenters. The van der Waals surface area contributed by atoms with E-state index in [9.17, 15) is 28.8 Å². The lowest BCUT2D eigenvalue weighted by molar-refractivity contribution is -0.201. The number of nitrogens with one attached hydrogen (secondary N) is 4. The molecule has 0 radical (unpaired) electrons. The molecule has 20 heteroatoms. The van der Waals surface area contributed by atoms with Crippen molar-refractivity contribution in [2.45, 2.75) is 63.7 Å². The molecule has 4 aliphatic rings. The van der Waals surface area contributed by atoms with E-state index in [2.05, 4.69) is 21.3 Å². The number of hydrogen-bond donors (Lipinski definition) is 6. The Labute approximate surface area is 444 Å². The van der Waals surface area contributed by atoms with Gasteiger partial charge in [-0.1, -0.05) is 72.8 Å². The van der Waals surface area contributed by atoms with Crippen molar-refractivity contribution in [1.29, 1.82) is 0 Å². The van der Waals surface area contributed by atoms with Gasteiger partial charge in [-0.25, -0.2) is 9.59 Å². The second kappa shape index (κ2) is 19.0. The molecule has 400 valence electrons. The third-order valence-electron chi connectivity index (χ3n) is 15.6. The maximum Gasteiger partial charge on any atom is 0.359 e. The zero-order chi connectivity index (χ0) is 55.3. The van der Waals surface area contributed by atoms with E-state index < -0.39 is 35.8 Å². The minimum Gasteiger partial charge on any atom is -0.465 e. The first kappa shape index (κ1) is 51.3. The Morgan fingerprint density at radius 3 is 1.19 bits per heavy atom. The Kier molecular flexibility index (Phi) is 12.5. The molecule has 78 heavy (non-hydrogen) atoms. The molecular weight excluding hydrogens is 1000 g/mol. The molecule has 0 spiro atoms. The number of nitrogens with zero attached hydrogens (tertiary/aromatic N) is 4. The standard InChI is InChI=1S/2C28H24N4O5.2CH4O/c2*1-28(27(35)36-3)32-18-11-7-5-9-15(18)21-16-13-30-26(34)23(16)22-14-8-4-6-10-17(14)31(24(22)25(21)32)20(37-28)12-19(33)29-2;2*1-2/h2*4-11,20H,12-13H2,1-3H3,(H,29,33)(H,30,34);2*2H,1H3/t2*20-,28+;;/m11../s1. The quantitative estimate of drug-likeness (QED) is 0.0974. The van der Waals surface area contributed by atoms with Gasteiger partial charge in [-0.2, -0.15) is 0 Å². The molecule has 4 atom stereocenters. The summed E-state index contributed by atoms with van der Waals surface area (Å²) in [6.45, 7) is 4.12. The van der Waals surface area contributed by atoms with E-state index in [0.29, 0.717) is 24.2 Å². The number of aromatic nitrogens is 4. The highest BCUT2D eigenvalue weighted by molar-refractivity contribution is 6.33. The van der Waals surface area contributed by atoms with Gasteiger partial charge in [-0.05, 0) is 49.2 Å². The van der Waals surface area contributed by atoms with Gasteiger partial charge in [0, 0.05) is 84.5 Å². The average molecular weight is 1060 g/mol. The number of amides is 4. The van der Waals surface area contributed by atoms with Gasteiger partial charge in [0.25, 0.3) is 11.8 Å². The highest BCUT2D eigenvalue weighted by Gasteiger charge is 2.50. The van der Waals surface area contributed by atoms with Crippen molar-refractivity contribution in [3.05, 3.63) is 119 Å². The maximum absolute atomic E-state index is 13.5. The number of carbonyl (C=O) groups excluding carboxylic acids is 6. The molecular formula is C58H56N8O12. The zero-order valence-corrected chi connectivity index (χ0v) is 44.0. The number of fused-ring (bicyclic) bond motifs is 18. The normalized spacial score (nSPS) is 19.6. The lowest BCUT2D eigenvalue weighted by Gasteiger charge is -2.32. The van der Waals surface area contributed by atoms with Crippen LogP contribution in [-0.4, -0.2) is 107 Å². The van der Waals surface area contributed by atoms with Crippen LogP contribution in [0.4, 0.5) is 0 Å². The van der Waals surface area contributed by atoms with Crippen LogP contribution in [0.25, 0.3) is 87.2 Å². The fourth-order valence-electron chi connectivity index (χ4n) is 12.6. The number of rotatable bonds is 6. The van der Waals surface area contributed by atoms with E-state index in [0.717, 1.165) is 113 Å². The van der Waals surface area contributed by atoms with E-state index in [-0.39, 0.29) is 36.5 Å². The Balaban J connectivity index is 0.000000156. The molecule has 4 aromatic heterocycles. The lowest BCUT2D eigenvalue weighted by Crippen LogP contribution is -2.44. The lowest BCUT2D eigenvalue weighted by atomic mass is 9.97. The van der Waals surface area contributed by atoms with Crippen LogP contribution in [0.15, 0.2) is 97.1 Å². The average Bonchev–Trinajstić information content (AvgIpc) is 4.50. The monoisotopic (exact) mass is 1060 g/mol. The van der Waals surface area contributed by atoms with Crippen molar-refractivity contribution in [3.63, 3.8) is 0 Å². The van der Waals surface area contributed by atoms with Gasteiger partial charge in [-0.15, -0.1) is 0 Å². The van der Waals surface area contributed by atoms with E-state index in [1.165, 1.54) is 14.2 Å². The Morgan fingerprint density at radius 1 is 0.538 bits per heavy atom. The van der Waals surface area contributed by atoms with Crippen LogP contribution in [0.5, 0.6) is 0 Å². The molecule has 14 rings (SSSR count). The summed E-state index contributed by atoms with van der Waals surface area (Å²) in [7, 11) is 7.79. The molecule has 0 aliphatic carbocycles. The van der Waals surface area contributed by atoms with Crippen LogP contribution in [0.3, 0.4) is 0 Å². The molecule has 0 fully saturated rings. The first-order valence-electron chi connectivity index (χ1n) is 25.2. The molecule has 6 N–H and O–H groups in total. The highest BCUT2D eigenvalue weighted by atomic mass is 16.6. The molecule has 10 aromatic rings. The fourth-order valence-corrected chi connectivity index (χ4v) is 12.6. The Hall–Kier alpha value is -8.82. The predicted molar refractivity (Wildman–Crippen MR) is 292 cm³/mol. The third-order valence-corrected chi connectivity index (χ3v) is 15.6. The van der Waals surface area contributed by atoms with Gasteiger partial charge >= 0.3 is 11.9 Å². The first-order valence-corrected chi connectivity index (χ1v) is 25.2. The van der Waals surface area contributed by atoms with Crippen molar-refractivity contribution < 1.29 is 57.9 Å². The maximum atomic E-state index is 13.5. The summed E-state index contributed by atoms with van der Waals surface area (Å²) in [5, 5.41) is 32.3. The fraction of sp³-hybridized carbons (Fsp3) is 0.276. The summed E-state index contributed by atoms with van der Waals surface area (Å²) in [4.78, 5) is 79.1. The van der Waals surface area contributed by atoms with Gasteiger partial charge in [0.15, 0.2) is 0 Å². The highest BCUT2D eigenvalue weighted by Crippen LogP contribution is 2.53. The molecule has 6 aromatic carbocycles. The van der Waals surface area contributed by atoms with Gasteiger partial charge in [-0.3, -0.25) is 19.2 Å². The second-order valence-electron chi connectivity index (χ2n) is 19.3. The second-order valence-corrected chi connectivity index (χ2v) is 19.3. The molecule has 0 bridgehead atoms. The molecule has 8 heterocycles. The number of methoxy groups -OCH3 is 2. The van der Waals surface area contributed by atoms with E-state index in [1.54, 1.807) is 27.9 Å². The number of hydrogen-bond acceptors (Lipinski definition) is 12. The predicted octanol–water partition coefficient (Wildman–Crippen LogP) is 6.53. The van der Waals surface area contributed by atoms with Crippen LogP contribution >= 0.6 is 0 Å². The molecule has 20 nitrogen and oxygen atoms in total. The number of aliphatic hydroxyl groups excluding tert-OH is 2. The smallest absolute Gasteiger partial charge is 0.359 e. The summed E-state index contributed by atoms with van der Waals surface area (Å²) < 4.78 is 31.6. The van der Waals surface area contributed by atoms with Crippen LogP contribution < -0.4 is 21.3 Å². The summed E-state index contributed by atoms with van der Waals surface area (Å²) in [5.74, 6) is -1.94. The summed E-state index contributed by atoms with van der Waals surface area (Å²) in [6.07, 6.45) is -1.78. The van der Waals surface area contributed by atoms with Crippen molar-refractivity contribution in [2.24, 2.45) is 0 Å². The first-order chi connectivity index (χ1) is 37.8. The molecule has 0 saturated carbocycles. The zero-order valence-electron chi connectivity index (χ0n) is 44.0.